The second-order valence-electron chi connectivity index (χ2n) is 4.90. The molecule has 4 unspecified atom stereocenters. The van der Waals surface area contributed by atoms with Crippen LogP contribution in [0.5, 0.6) is 0 Å². The van der Waals surface area contributed by atoms with Gasteiger partial charge in [0.1, 0.15) is 0 Å². The predicted molar refractivity (Wildman–Crippen MR) is 61.4 cm³/mol. The fourth-order valence-corrected chi connectivity index (χ4v) is 2.76. The first kappa shape index (κ1) is 12.3. The standard InChI is InChI=1S/C13H22O2/c1-5-11-6-9(2)7-12(11)8-10(3)13(14)15-4/h5,9-12H,1,6-8H2,2-4H3. The Hall–Kier alpha value is -0.790. The first-order valence-electron chi connectivity index (χ1n) is 5.78. The van der Waals surface area contributed by atoms with Crippen LogP contribution < -0.4 is 0 Å². The summed E-state index contributed by atoms with van der Waals surface area (Å²) in [5.74, 6) is 1.91. The van der Waals surface area contributed by atoms with Crippen molar-refractivity contribution in [3.63, 3.8) is 0 Å². The number of hydrogen-bond donors (Lipinski definition) is 0. The molecule has 0 N–H and O–H groups in total. The molecule has 0 heterocycles. The van der Waals surface area contributed by atoms with Gasteiger partial charge in [-0.15, -0.1) is 6.58 Å². The summed E-state index contributed by atoms with van der Waals surface area (Å²) in [6, 6.07) is 0. The molecule has 1 aliphatic rings. The van der Waals surface area contributed by atoms with Gasteiger partial charge >= 0.3 is 5.97 Å². The number of rotatable bonds is 4. The molecule has 15 heavy (non-hydrogen) atoms. The molecule has 0 aromatic heterocycles. The normalized spacial score (nSPS) is 32.3. The Kier molecular flexibility index (Phi) is 4.37. The van der Waals surface area contributed by atoms with Gasteiger partial charge in [0.2, 0.25) is 0 Å². The van der Waals surface area contributed by atoms with Crippen LogP contribution in [-0.2, 0) is 9.53 Å². The van der Waals surface area contributed by atoms with E-state index in [0.717, 1.165) is 12.3 Å². The van der Waals surface area contributed by atoms with Gasteiger partial charge in [0.15, 0.2) is 0 Å². The van der Waals surface area contributed by atoms with E-state index in [9.17, 15) is 4.79 Å². The van der Waals surface area contributed by atoms with Gasteiger partial charge in [-0.3, -0.25) is 4.79 Å². The summed E-state index contributed by atoms with van der Waals surface area (Å²) in [6.07, 6.45) is 5.44. The van der Waals surface area contributed by atoms with Crippen molar-refractivity contribution in [2.45, 2.75) is 33.1 Å². The highest BCUT2D eigenvalue weighted by atomic mass is 16.5. The van der Waals surface area contributed by atoms with E-state index in [1.807, 2.05) is 6.92 Å². The maximum absolute atomic E-state index is 11.3. The monoisotopic (exact) mass is 210 g/mol. The quantitative estimate of drug-likeness (QED) is 0.526. The second-order valence-corrected chi connectivity index (χ2v) is 4.90. The Morgan fingerprint density at radius 3 is 2.80 bits per heavy atom. The molecule has 0 bridgehead atoms. The van der Waals surface area contributed by atoms with Crippen molar-refractivity contribution in [3.05, 3.63) is 12.7 Å². The summed E-state index contributed by atoms with van der Waals surface area (Å²) in [4.78, 5) is 11.3. The first-order valence-corrected chi connectivity index (χ1v) is 5.78. The minimum Gasteiger partial charge on any atom is -0.469 e. The van der Waals surface area contributed by atoms with Gasteiger partial charge < -0.3 is 4.74 Å². The number of hydrogen-bond acceptors (Lipinski definition) is 2. The highest BCUT2D eigenvalue weighted by Crippen LogP contribution is 2.40. The molecular weight excluding hydrogens is 188 g/mol. The molecule has 0 aromatic carbocycles. The number of ether oxygens (including phenoxy) is 1. The van der Waals surface area contributed by atoms with Crippen LogP contribution in [0.4, 0.5) is 0 Å². The van der Waals surface area contributed by atoms with E-state index < -0.39 is 0 Å². The summed E-state index contributed by atoms with van der Waals surface area (Å²) in [7, 11) is 1.46. The van der Waals surface area contributed by atoms with Crippen LogP contribution in [-0.4, -0.2) is 13.1 Å². The van der Waals surface area contributed by atoms with Crippen LogP contribution in [0, 0.1) is 23.7 Å². The van der Waals surface area contributed by atoms with Crippen LogP contribution in [0.15, 0.2) is 12.7 Å². The van der Waals surface area contributed by atoms with Gasteiger partial charge in [-0.05, 0) is 37.0 Å². The molecule has 2 heteroatoms. The molecule has 0 spiro atoms. The van der Waals surface area contributed by atoms with Crippen LogP contribution in [0.2, 0.25) is 0 Å². The van der Waals surface area contributed by atoms with Crippen LogP contribution in [0.1, 0.15) is 33.1 Å². The van der Waals surface area contributed by atoms with E-state index in [4.69, 9.17) is 4.74 Å². The fraction of sp³-hybridized carbons (Fsp3) is 0.769. The minimum absolute atomic E-state index is 0.0211. The van der Waals surface area contributed by atoms with Crippen molar-refractivity contribution in [2.75, 3.05) is 7.11 Å². The van der Waals surface area contributed by atoms with Crippen molar-refractivity contribution in [2.24, 2.45) is 23.7 Å². The molecule has 2 nitrogen and oxygen atoms in total. The molecule has 1 aliphatic carbocycles. The molecule has 1 fully saturated rings. The Labute approximate surface area is 92.7 Å². The van der Waals surface area contributed by atoms with Gasteiger partial charge in [-0.1, -0.05) is 19.9 Å². The zero-order valence-electron chi connectivity index (χ0n) is 10.0. The number of esters is 1. The molecule has 0 radical (unpaired) electrons. The summed E-state index contributed by atoms with van der Waals surface area (Å²) < 4.78 is 4.75. The zero-order valence-corrected chi connectivity index (χ0v) is 10.0. The predicted octanol–water partition coefficient (Wildman–Crippen LogP) is 3.03. The first-order chi connectivity index (χ1) is 7.08. The highest BCUT2D eigenvalue weighted by Gasteiger charge is 2.32. The number of allylic oxidation sites excluding steroid dienone is 1. The van der Waals surface area contributed by atoms with E-state index in [0.29, 0.717) is 11.8 Å². The van der Waals surface area contributed by atoms with Gasteiger partial charge in [-0.2, -0.15) is 0 Å². The van der Waals surface area contributed by atoms with Crippen molar-refractivity contribution in [1.82, 2.24) is 0 Å². The maximum Gasteiger partial charge on any atom is 0.308 e. The van der Waals surface area contributed by atoms with Crippen molar-refractivity contribution in [3.8, 4) is 0 Å². The van der Waals surface area contributed by atoms with Gasteiger partial charge in [-0.25, -0.2) is 0 Å². The lowest BCUT2D eigenvalue weighted by molar-refractivity contribution is -0.145. The lowest BCUT2D eigenvalue weighted by atomic mass is 9.87. The summed E-state index contributed by atoms with van der Waals surface area (Å²) >= 11 is 0. The summed E-state index contributed by atoms with van der Waals surface area (Å²) in [6.45, 7) is 8.11. The topological polar surface area (TPSA) is 26.3 Å². The van der Waals surface area contributed by atoms with Crippen LogP contribution in [0.3, 0.4) is 0 Å². The molecule has 0 saturated heterocycles. The molecular formula is C13H22O2. The fourth-order valence-electron chi connectivity index (χ4n) is 2.76. The molecule has 86 valence electrons. The largest absolute Gasteiger partial charge is 0.469 e. The molecule has 0 aromatic rings. The van der Waals surface area contributed by atoms with E-state index in [2.05, 4.69) is 19.6 Å². The van der Waals surface area contributed by atoms with Crippen LogP contribution >= 0.6 is 0 Å². The maximum atomic E-state index is 11.3. The van der Waals surface area contributed by atoms with Gasteiger partial charge in [0, 0.05) is 0 Å². The average Bonchev–Trinajstić information content (AvgIpc) is 2.57. The number of methoxy groups -OCH3 is 1. The third-order valence-electron chi connectivity index (χ3n) is 3.55. The highest BCUT2D eigenvalue weighted by molar-refractivity contribution is 5.71. The Morgan fingerprint density at radius 2 is 2.27 bits per heavy atom. The third kappa shape index (κ3) is 3.08. The van der Waals surface area contributed by atoms with E-state index in [1.54, 1.807) is 0 Å². The Bertz CT molecular complexity index is 235. The molecule has 1 saturated carbocycles. The number of carbonyl (C=O) groups excluding carboxylic acids is 1. The van der Waals surface area contributed by atoms with E-state index in [1.165, 1.54) is 20.0 Å². The van der Waals surface area contributed by atoms with E-state index >= 15 is 0 Å². The van der Waals surface area contributed by atoms with Gasteiger partial charge in [0.25, 0.3) is 0 Å². The zero-order chi connectivity index (χ0) is 11.4. The molecule has 0 aliphatic heterocycles. The van der Waals surface area contributed by atoms with Crippen LogP contribution in [0.25, 0.3) is 0 Å². The summed E-state index contributed by atoms with van der Waals surface area (Å²) in [5, 5.41) is 0. The molecule has 4 atom stereocenters. The van der Waals surface area contributed by atoms with Crippen molar-refractivity contribution < 1.29 is 9.53 Å². The molecule has 0 amide bonds. The van der Waals surface area contributed by atoms with E-state index in [-0.39, 0.29) is 11.9 Å². The minimum atomic E-state index is -0.0858. The smallest absolute Gasteiger partial charge is 0.308 e. The van der Waals surface area contributed by atoms with Crippen molar-refractivity contribution >= 4 is 5.97 Å². The lowest BCUT2D eigenvalue weighted by Crippen LogP contribution is -2.18. The molecule has 1 rings (SSSR count). The second kappa shape index (κ2) is 5.34. The van der Waals surface area contributed by atoms with Crippen molar-refractivity contribution in [1.29, 1.82) is 0 Å². The van der Waals surface area contributed by atoms with Gasteiger partial charge in [0.05, 0.1) is 13.0 Å². The summed E-state index contributed by atoms with van der Waals surface area (Å²) in [5.41, 5.74) is 0. The number of carbonyl (C=O) groups is 1. The Morgan fingerprint density at radius 1 is 1.60 bits per heavy atom. The lowest BCUT2D eigenvalue weighted by Gasteiger charge is -2.19. The SMILES string of the molecule is C=CC1CC(C)CC1CC(C)C(=O)OC. The third-order valence-corrected chi connectivity index (χ3v) is 3.55. The Balaban J connectivity index is 2.50. The average molecular weight is 210 g/mol.